The summed E-state index contributed by atoms with van der Waals surface area (Å²) in [4.78, 5) is 25.0. The maximum absolute atomic E-state index is 12.5. The molecule has 1 aromatic carbocycles. The van der Waals surface area contributed by atoms with E-state index in [0.717, 1.165) is 4.90 Å². The first kappa shape index (κ1) is 19.6. The number of halogens is 1. The van der Waals surface area contributed by atoms with Gasteiger partial charge in [0.1, 0.15) is 6.04 Å². The number of carboxylic acid groups (broad SMARTS) is 1. The summed E-state index contributed by atoms with van der Waals surface area (Å²) in [7, 11) is -2.51. The van der Waals surface area contributed by atoms with Crippen LogP contribution in [-0.2, 0) is 24.3 Å². The first-order valence-electron chi connectivity index (χ1n) is 7.49. The van der Waals surface area contributed by atoms with Gasteiger partial charge in [-0.05, 0) is 31.2 Å². The fourth-order valence-corrected chi connectivity index (χ4v) is 3.98. The SMILES string of the molecule is COC1CC(C(=O)O)N(C(=O)C(C)NS(=O)(=O)c2ccc(Cl)cc2)C1. The summed E-state index contributed by atoms with van der Waals surface area (Å²) in [6.07, 6.45) is -0.237. The van der Waals surface area contributed by atoms with E-state index in [-0.39, 0.29) is 17.9 Å². The molecule has 1 aliphatic heterocycles. The van der Waals surface area contributed by atoms with Crippen LogP contribution in [0.3, 0.4) is 0 Å². The van der Waals surface area contributed by atoms with E-state index in [1.807, 2.05) is 0 Å². The van der Waals surface area contributed by atoms with Crippen LogP contribution in [0.2, 0.25) is 5.02 Å². The van der Waals surface area contributed by atoms with Crippen LogP contribution in [0.4, 0.5) is 0 Å². The van der Waals surface area contributed by atoms with Crippen LogP contribution < -0.4 is 4.72 Å². The van der Waals surface area contributed by atoms with Crippen molar-refractivity contribution in [1.82, 2.24) is 9.62 Å². The van der Waals surface area contributed by atoms with Crippen molar-refractivity contribution < 1.29 is 27.9 Å². The third-order valence-electron chi connectivity index (χ3n) is 3.99. The van der Waals surface area contributed by atoms with E-state index in [1.54, 1.807) is 0 Å². The van der Waals surface area contributed by atoms with Crippen molar-refractivity contribution in [2.75, 3.05) is 13.7 Å². The number of hydrogen-bond donors (Lipinski definition) is 2. The van der Waals surface area contributed by atoms with Crippen LogP contribution in [0.1, 0.15) is 13.3 Å². The van der Waals surface area contributed by atoms with E-state index in [0.29, 0.717) is 5.02 Å². The Bertz CT molecular complexity index is 752. The van der Waals surface area contributed by atoms with Crippen molar-refractivity contribution in [3.8, 4) is 0 Å². The van der Waals surface area contributed by atoms with E-state index in [2.05, 4.69) is 4.72 Å². The predicted octanol–water partition coefficient (Wildman–Crippen LogP) is 0.707. The molecule has 1 fully saturated rings. The lowest BCUT2D eigenvalue weighted by Gasteiger charge is -2.25. The smallest absolute Gasteiger partial charge is 0.326 e. The van der Waals surface area contributed by atoms with Crippen molar-refractivity contribution >= 4 is 33.5 Å². The lowest BCUT2D eigenvalue weighted by molar-refractivity contribution is -0.148. The van der Waals surface area contributed by atoms with Gasteiger partial charge in [0.25, 0.3) is 0 Å². The molecule has 1 aromatic rings. The number of rotatable bonds is 6. The highest BCUT2D eigenvalue weighted by atomic mass is 35.5. The van der Waals surface area contributed by atoms with Gasteiger partial charge in [-0.15, -0.1) is 0 Å². The molecular formula is C15H19ClN2O6S. The number of nitrogens with one attached hydrogen (secondary N) is 1. The zero-order valence-electron chi connectivity index (χ0n) is 13.7. The van der Waals surface area contributed by atoms with Crippen LogP contribution in [0.15, 0.2) is 29.2 Å². The average molecular weight is 391 g/mol. The number of hydrogen-bond acceptors (Lipinski definition) is 5. The molecule has 1 amide bonds. The average Bonchev–Trinajstić information content (AvgIpc) is 2.98. The monoisotopic (exact) mass is 390 g/mol. The molecule has 3 atom stereocenters. The summed E-state index contributed by atoms with van der Waals surface area (Å²) in [6, 6.07) is 3.31. The number of likely N-dealkylation sites (tertiary alicyclic amines) is 1. The molecule has 2 N–H and O–H groups in total. The second-order valence-corrected chi connectivity index (χ2v) is 7.89. The summed E-state index contributed by atoms with van der Waals surface area (Å²) in [6.45, 7) is 1.47. The summed E-state index contributed by atoms with van der Waals surface area (Å²) < 4.78 is 32.1. The summed E-state index contributed by atoms with van der Waals surface area (Å²) in [5, 5.41) is 9.65. The van der Waals surface area contributed by atoms with Crippen LogP contribution >= 0.6 is 11.6 Å². The molecule has 8 nitrogen and oxygen atoms in total. The van der Waals surface area contributed by atoms with E-state index in [1.165, 1.54) is 38.3 Å². The Morgan fingerprint density at radius 2 is 1.96 bits per heavy atom. The van der Waals surface area contributed by atoms with Gasteiger partial charge >= 0.3 is 5.97 Å². The second kappa shape index (κ2) is 7.69. The molecule has 0 saturated carbocycles. The minimum absolute atomic E-state index is 0.0393. The summed E-state index contributed by atoms with van der Waals surface area (Å²) in [5.41, 5.74) is 0. The number of methoxy groups -OCH3 is 1. The number of ether oxygens (including phenoxy) is 1. The zero-order valence-corrected chi connectivity index (χ0v) is 15.2. The lowest BCUT2D eigenvalue weighted by atomic mass is 10.2. The van der Waals surface area contributed by atoms with Crippen molar-refractivity contribution in [1.29, 1.82) is 0 Å². The molecule has 0 aromatic heterocycles. The summed E-state index contributed by atoms with van der Waals surface area (Å²) in [5.74, 6) is -1.77. The molecule has 0 radical (unpaired) electrons. The standard InChI is InChI=1S/C15H19ClN2O6S/c1-9(17-25(22,23)12-5-3-10(16)4-6-12)14(19)18-8-11(24-2)7-13(18)15(20)21/h3-6,9,11,13,17H,7-8H2,1-2H3,(H,20,21). The van der Waals surface area contributed by atoms with E-state index >= 15 is 0 Å². The van der Waals surface area contributed by atoms with Gasteiger partial charge in [0.2, 0.25) is 15.9 Å². The molecule has 25 heavy (non-hydrogen) atoms. The molecule has 138 valence electrons. The Kier molecular flexibility index (Phi) is 6.04. The number of sulfonamides is 1. The van der Waals surface area contributed by atoms with Crippen molar-refractivity contribution in [2.45, 2.75) is 36.4 Å². The Morgan fingerprint density at radius 3 is 2.48 bits per heavy atom. The van der Waals surface area contributed by atoms with E-state index in [9.17, 15) is 23.1 Å². The molecule has 1 heterocycles. The molecule has 1 aliphatic rings. The Morgan fingerprint density at radius 1 is 1.36 bits per heavy atom. The Labute approximate surface area is 150 Å². The molecule has 10 heteroatoms. The van der Waals surface area contributed by atoms with Gasteiger partial charge in [-0.25, -0.2) is 13.2 Å². The molecule has 0 aliphatic carbocycles. The first-order valence-corrected chi connectivity index (χ1v) is 9.36. The zero-order chi connectivity index (χ0) is 18.8. The predicted molar refractivity (Wildman–Crippen MR) is 89.8 cm³/mol. The molecular weight excluding hydrogens is 372 g/mol. The topological polar surface area (TPSA) is 113 Å². The number of benzene rings is 1. The van der Waals surface area contributed by atoms with Gasteiger partial charge < -0.3 is 14.7 Å². The third-order valence-corrected chi connectivity index (χ3v) is 5.80. The number of amides is 1. The van der Waals surface area contributed by atoms with Gasteiger partial charge in [0.15, 0.2) is 0 Å². The second-order valence-electron chi connectivity index (χ2n) is 5.73. The molecule has 2 rings (SSSR count). The molecule has 3 unspecified atom stereocenters. The Balaban J connectivity index is 2.13. The van der Waals surface area contributed by atoms with E-state index in [4.69, 9.17) is 16.3 Å². The van der Waals surface area contributed by atoms with Gasteiger partial charge in [-0.3, -0.25) is 4.79 Å². The maximum Gasteiger partial charge on any atom is 0.326 e. The van der Waals surface area contributed by atoms with Gasteiger partial charge in [0, 0.05) is 25.1 Å². The quantitative estimate of drug-likeness (QED) is 0.739. The van der Waals surface area contributed by atoms with Gasteiger partial charge in [-0.1, -0.05) is 11.6 Å². The third kappa shape index (κ3) is 4.49. The molecule has 1 saturated heterocycles. The van der Waals surface area contributed by atoms with Crippen LogP contribution in [0, 0.1) is 0 Å². The number of aliphatic carboxylic acids is 1. The fraction of sp³-hybridized carbons (Fsp3) is 0.467. The highest BCUT2D eigenvalue weighted by molar-refractivity contribution is 7.89. The normalized spacial score (nSPS) is 22.0. The van der Waals surface area contributed by atoms with Crippen molar-refractivity contribution in [2.24, 2.45) is 0 Å². The van der Waals surface area contributed by atoms with E-state index < -0.39 is 40.1 Å². The van der Waals surface area contributed by atoms with Crippen LogP contribution in [0.5, 0.6) is 0 Å². The van der Waals surface area contributed by atoms with Gasteiger partial charge in [0.05, 0.1) is 17.0 Å². The number of carboxylic acids is 1. The van der Waals surface area contributed by atoms with Crippen molar-refractivity contribution in [3.05, 3.63) is 29.3 Å². The highest BCUT2D eigenvalue weighted by Crippen LogP contribution is 2.22. The lowest BCUT2D eigenvalue weighted by Crippen LogP contribution is -2.50. The largest absolute Gasteiger partial charge is 0.480 e. The number of nitrogens with zero attached hydrogens (tertiary/aromatic N) is 1. The molecule has 0 spiro atoms. The van der Waals surface area contributed by atoms with Gasteiger partial charge in [-0.2, -0.15) is 4.72 Å². The van der Waals surface area contributed by atoms with Crippen LogP contribution in [0.25, 0.3) is 0 Å². The first-order chi connectivity index (χ1) is 11.7. The maximum atomic E-state index is 12.5. The fourth-order valence-electron chi connectivity index (χ4n) is 2.66. The minimum Gasteiger partial charge on any atom is -0.480 e. The summed E-state index contributed by atoms with van der Waals surface area (Å²) >= 11 is 5.73. The number of carbonyl (C=O) groups is 2. The molecule has 0 bridgehead atoms. The van der Waals surface area contributed by atoms with Crippen molar-refractivity contribution in [3.63, 3.8) is 0 Å². The Hall–Kier alpha value is -1.68. The minimum atomic E-state index is -3.94. The number of carbonyl (C=O) groups excluding carboxylic acids is 1. The highest BCUT2D eigenvalue weighted by Gasteiger charge is 2.41. The van der Waals surface area contributed by atoms with Crippen LogP contribution in [-0.4, -0.2) is 62.1 Å².